The Morgan fingerprint density at radius 2 is 2.18 bits per heavy atom. The SMILES string of the molecule is COC(=O)c1c(NC(=O)COC(=O)CCc2ccco2)sc2c1CC[C@H](C)C2. The molecule has 1 atom stereocenters. The van der Waals surface area contributed by atoms with Crippen molar-refractivity contribution < 1.29 is 28.3 Å². The van der Waals surface area contributed by atoms with Crippen LogP contribution in [0.2, 0.25) is 0 Å². The van der Waals surface area contributed by atoms with E-state index in [1.165, 1.54) is 24.7 Å². The number of anilines is 1. The third-order valence-electron chi connectivity index (χ3n) is 4.67. The van der Waals surface area contributed by atoms with Crippen LogP contribution < -0.4 is 5.32 Å². The molecule has 1 amide bonds. The Bertz CT molecular complexity index is 854. The number of nitrogens with one attached hydrogen (secondary N) is 1. The van der Waals surface area contributed by atoms with E-state index in [0.717, 1.165) is 29.7 Å². The summed E-state index contributed by atoms with van der Waals surface area (Å²) in [7, 11) is 1.32. The smallest absolute Gasteiger partial charge is 0.341 e. The maximum atomic E-state index is 12.2. The van der Waals surface area contributed by atoms with E-state index in [1.807, 2.05) is 0 Å². The zero-order chi connectivity index (χ0) is 20.1. The van der Waals surface area contributed by atoms with Crippen molar-refractivity contribution in [3.05, 3.63) is 40.2 Å². The number of ether oxygens (including phenoxy) is 2. The molecule has 8 heteroatoms. The molecule has 0 radical (unpaired) electrons. The van der Waals surface area contributed by atoms with Gasteiger partial charge in [0.05, 0.1) is 25.4 Å². The minimum atomic E-state index is -0.487. The molecular formula is C20H23NO6S. The molecule has 3 rings (SSSR count). The lowest BCUT2D eigenvalue weighted by molar-refractivity contribution is -0.147. The van der Waals surface area contributed by atoms with Crippen LogP contribution in [0.25, 0.3) is 0 Å². The van der Waals surface area contributed by atoms with Gasteiger partial charge in [-0.25, -0.2) is 4.79 Å². The first kappa shape index (κ1) is 20.1. The molecule has 2 aromatic rings. The van der Waals surface area contributed by atoms with E-state index < -0.39 is 24.5 Å². The summed E-state index contributed by atoms with van der Waals surface area (Å²) < 4.78 is 15.1. The van der Waals surface area contributed by atoms with Crippen LogP contribution in [0.1, 0.15) is 46.3 Å². The molecular weight excluding hydrogens is 382 g/mol. The summed E-state index contributed by atoms with van der Waals surface area (Å²) in [5.74, 6) is -0.210. The van der Waals surface area contributed by atoms with Gasteiger partial charge in [0.15, 0.2) is 6.61 Å². The second-order valence-corrected chi connectivity index (χ2v) is 7.94. The van der Waals surface area contributed by atoms with Gasteiger partial charge >= 0.3 is 11.9 Å². The number of esters is 2. The van der Waals surface area contributed by atoms with E-state index in [4.69, 9.17) is 13.9 Å². The molecule has 1 aliphatic carbocycles. The second kappa shape index (κ2) is 9.05. The third-order valence-corrected chi connectivity index (χ3v) is 5.84. The van der Waals surface area contributed by atoms with Crippen molar-refractivity contribution in [3.8, 4) is 0 Å². The van der Waals surface area contributed by atoms with Crippen LogP contribution in [0.3, 0.4) is 0 Å². The topological polar surface area (TPSA) is 94.8 Å². The van der Waals surface area contributed by atoms with Crippen molar-refractivity contribution in [2.75, 3.05) is 19.0 Å². The number of carbonyl (C=O) groups is 3. The number of rotatable bonds is 7. The van der Waals surface area contributed by atoms with Crippen molar-refractivity contribution in [3.63, 3.8) is 0 Å². The number of aryl methyl sites for hydroxylation is 1. The minimum absolute atomic E-state index is 0.124. The number of hydrogen-bond donors (Lipinski definition) is 1. The summed E-state index contributed by atoms with van der Waals surface area (Å²) in [6.45, 7) is 1.76. The van der Waals surface area contributed by atoms with E-state index >= 15 is 0 Å². The van der Waals surface area contributed by atoms with E-state index in [9.17, 15) is 14.4 Å². The molecule has 2 heterocycles. The van der Waals surface area contributed by atoms with Gasteiger partial charge in [-0.3, -0.25) is 9.59 Å². The number of carbonyl (C=O) groups excluding carboxylic acids is 3. The molecule has 0 unspecified atom stereocenters. The molecule has 150 valence electrons. The average molecular weight is 405 g/mol. The fourth-order valence-corrected chi connectivity index (χ4v) is 4.63. The van der Waals surface area contributed by atoms with Crippen molar-refractivity contribution >= 4 is 34.2 Å². The van der Waals surface area contributed by atoms with E-state index in [1.54, 1.807) is 12.1 Å². The molecule has 2 aromatic heterocycles. The van der Waals surface area contributed by atoms with Crippen LogP contribution >= 0.6 is 11.3 Å². The molecule has 0 aliphatic heterocycles. The number of methoxy groups -OCH3 is 1. The van der Waals surface area contributed by atoms with Gasteiger partial charge in [-0.2, -0.15) is 0 Å². The molecule has 0 fully saturated rings. The van der Waals surface area contributed by atoms with Crippen molar-refractivity contribution in [1.29, 1.82) is 0 Å². The van der Waals surface area contributed by atoms with Gasteiger partial charge < -0.3 is 19.2 Å². The Balaban J connectivity index is 1.58. The molecule has 0 spiro atoms. The lowest BCUT2D eigenvalue weighted by atomic mass is 9.88. The van der Waals surface area contributed by atoms with Crippen molar-refractivity contribution in [2.24, 2.45) is 5.92 Å². The van der Waals surface area contributed by atoms with Gasteiger partial charge in [-0.15, -0.1) is 11.3 Å². The summed E-state index contributed by atoms with van der Waals surface area (Å²) in [5, 5.41) is 3.17. The first-order valence-corrected chi connectivity index (χ1v) is 10.00. The van der Waals surface area contributed by atoms with E-state index in [-0.39, 0.29) is 6.42 Å². The number of furan rings is 1. The summed E-state index contributed by atoms with van der Waals surface area (Å²) in [4.78, 5) is 37.4. The summed E-state index contributed by atoms with van der Waals surface area (Å²) in [6.07, 6.45) is 4.73. The predicted molar refractivity (Wildman–Crippen MR) is 103 cm³/mol. The molecule has 1 aliphatic rings. The molecule has 0 saturated carbocycles. The minimum Gasteiger partial charge on any atom is -0.469 e. The van der Waals surface area contributed by atoms with Crippen LogP contribution in [0.5, 0.6) is 0 Å². The van der Waals surface area contributed by atoms with E-state index in [0.29, 0.717) is 28.7 Å². The summed E-state index contributed by atoms with van der Waals surface area (Å²) >= 11 is 1.39. The monoisotopic (exact) mass is 405 g/mol. The van der Waals surface area contributed by atoms with Crippen molar-refractivity contribution in [1.82, 2.24) is 0 Å². The van der Waals surface area contributed by atoms with E-state index in [2.05, 4.69) is 12.2 Å². The van der Waals surface area contributed by atoms with Gasteiger partial charge in [0, 0.05) is 11.3 Å². The third kappa shape index (κ3) is 4.81. The fourth-order valence-electron chi connectivity index (χ4n) is 3.22. The first-order valence-electron chi connectivity index (χ1n) is 9.18. The van der Waals surface area contributed by atoms with Gasteiger partial charge in [0.2, 0.25) is 0 Å². The zero-order valence-corrected chi connectivity index (χ0v) is 16.7. The van der Waals surface area contributed by atoms with Crippen LogP contribution in [0.4, 0.5) is 5.00 Å². The van der Waals surface area contributed by atoms with Crippen LogP contribution in [0, 0.1) is 5.92 Å². The molecule has 0 aromatic carbocycles. The average Bonchev–Trinajstić information content (AvgIpc) is 3.31. The Morgan fingerprint density at radius 3 is 2.89 bits per heavy atom. The molecule has 1 N–H and O–H groups in total. The highest BCUT2D eigenvalue weighted by Gasteiger charge is 2.29. The van der Waals surface area contributed by atoms with Crippen LogP contribution in [-0.2, 0) is 38.3 Å². The number of hydrogen-bond acceptors (Lipinski definition) is 7. The first-order chi connectivity index (χ1) is 13.5. The Labute approximate surface area is 167 Å². The maximum absolute atomic E-state index is 12.2. The predicted octanol–water partition coefficient (Wildman–Crippen LogP) is 3.37. The largest absolute Gasteiger partial charge is 0.469 e. The molecule has 0 bridgehead atoms. The Kier molecular flexibility index (Phi) is 6.51. The Morgan fingerprint density at radius 1 is 1.36 bits per heavy atom. The summed E-state index contributed by atoms with van der Waals surface area (Å²) in [5.41, 5.74) is 1.38. The number of amides is 1. The van der Waals surface area contributed by atoms with Gasteiger partial charge in [-0.1, -0.05) is 6.92 Å². The quantitative estimate of drug-likeness (QED) is 0.710. The maximum Gasteiger partial charge on any atom is 0.341 e. The molecule has 0 saturated heterocycles. The standard InChI is InChI=1S/C20H23NO6S/c1-12-5-7-14-15(10-12)28-19(18(14)20(24)25-2)21-16(22)11-27-17(23)8-6-13-4-3-9-26-13/h3-4,9,12H,5-8,10-11H2,1-2H3,(H,21,22)/t12-/m0/s1. The van der Waals surface area contributed by atoms with Gasteiger partial charge in [0.25, 0.3) is 5.91 Å². The molecule has 28 heavy (non-hydrogen) atoms. The number of thiophene rings is 1. The van der Waals surface area contributed by atoms with Gasteiger partial charge in [-0.05, 0) is 42.9 Å². The highest BCUT2D eigenvalue weighted by atomic mass is 32.1. The van der Waals surface area contributed by atoms with Crippen LogP contribution in [0.15, 0.2) is 22.8 Å². The van der Waals surface area contributed by atoms with Crippen LogP contribution in [-0.4, -0.2) is 31.6 Å². The zero-order valence-electron chi connectivity index (χ0n) is 15.9. The van der Waals surface area contributed by atoms with Gasteiger partial charge in [0.1, 0.15) is 10.8 Å². The Hall–Kier alpha value is -2.61. The number of fused-ring (bicyclic) bond motifs is 1. The lowest BCUT2D eigenvalue weighted by Gasteiger charge is -2.18. The molecule has 7 nitrogen and oxygen atoms in total. The highest BCUT2D eigenvalue weighted by molar-refractivity contribution is 7.17. The summed E-state index contributed by atoms with van der Waals surface area (Å²) in [6, 6.07) is 3.52. The lowest BCUT2D eigenvalue weighted by Crippen LogP contribution is -2.22. The van der Waals surface area contributed by atoms with Crippen molar-refractivity contribution in [2.45, 2.75) is 39.0 Å². The normalized spacial score (nSPS) is 15.6. The fraction of sp³-hybridized carbons (Fsp3) is 0.450. The highest BCUT2D eigenvalue weighted by Crippen LogP contribution is 2.40. The second-order valence-electron chi connectivity index (χ2n) is 6.84.